The molecule has 1 aliphatic heterocycles. The number of hydrogen-bond donors (Lipinski definition) is 0. The standard InChI is InChI=1S/C26H54N/c1-11-14-21(7)25(20(5)6)24-15-13-18-27(10,12-2)26(22(8)16-17-24)23(9)19(3)4/h19-26H,11-18H2,1-10H3/q+1. The molecule has 27 heavy (non-hydrogen) atoms. The van der Waals surface area contributed by atoms with Crippen LogP contribution in [-0.2, 0) is 0 Å². The van der Waals surface area contributed by atoms with Gasteiger partial charge in [-0.1, -0.05) is 68.2 Å². The average Bonchev–Trinajstić information content (AvgIpc) is 2.64. The van der Waals surface area contributed by atoms with Crippen LogP contribution in [-0.4, -0.2) is 30.7 Å². The van der Waals surface area contributed by atoms with Crippen LogP contribution in [0.1, 0.15) is 101 Å². The predicted octanol–water partition coefficient (Wildman–Crippen LogP) is 7.65. The molecule has 162 valence electrons. The fourth-order valence-corrected chi connectivity index (χ4v) is 6.82. The molecule has 0 spiro atoms. The van der Waals surface area contributed by atoms with Crippen molar-refractivity contribution in [3.8, 4) is 0 Å². The Hall–Kier alpha value is -0.0400. The van der Waals surface area contributed by atoms with Crippen LogP contribution in [0.3, 0.4) is 0 Å². The topological polar surface area (TPSA) is 0 Å². The maximum absolute atomic E-state index is 2.58. The van der Waals surface area contributed by atoms with Crippen molar-refractivity contribution in [3.05, 3.63) is 0 Å². The third-order valence-electron chi connectivity index (χ3n) is 8.57. The van der Waals surface area contributed by atoms with Gasteiger partial charge in [-0.25, -0.2) is 0 Å². The molecule has 1 rings (SSSR count). The van der Waals surface area contributed by atoms with Gasteiger partial charge in [0, 0.05) is 11.8 Å². The Bertz CT molecular complexity index is 401. The van der Waals surface area contributed by atoms with E-state index in [2.05, 4.69) is 69.4 Å². The van der Waals surface area contributed by atoms with Crippen molar-refractivity contribution in [1.82, 2.24) is 0 Å². The molecule has 1 heteroatoms. The lowest BCUT2D eigenvalue weighted by Gasteiger charge is -2.47. The van der Waals surface area contributed by atoms with Gasteiger partial charge in [0.2, 0.25) is 0 Å². The van der Waals surface area contributed by atoms with Crippen LogP contribution in [0.2, 0.25) is 0 Å². The molecule has 0 aliphatic carbocycles. The number of nitrogens with zero attached hydrogens (tertiary/aromatic N) is 1. The largest absolute Gasteiger partial charge is 0.323 e. The molecule has 7 unspecified atom stereocenters. The maximum atomic E-state index is 2.58. The van der Waals surface area contributed by atoms with Crippen molar-refractivity contribution in [3.63, 3.8) is 0 Å². The van der Waals surface area contributed by atoms with E-state index in [0.717, 1.165) is 47.5 Å². The molecule has 0 saturated carbocycles. The van der Waals surface area contributed by atoms with Crippen LogP contribution in [0.15, 0.2) is 0 Å². The van der Waals surface area contributed by atoms with Crippen molar-refractivity contribution >= 4 is 0 Å². The summed E-state index contributed by atoms with van der Waals surface area (Å²) in [5.41, 5.74) is 0. The van der Waals surface area contributed by atoms with Crippen LogP contribution >= 0.6 is 0 Å². The van der Waals surface area contributed by atoms with Crippen LogP contribution in [0.5, 0.6) is 0 Å². The van der Waals surface area contributed by atoms with E-state index in [0.29, 0.717) is 0 Å². The molecule has 1 heterocycles. The van der Waals surface area contributed by atoms with E-state index in [-0.39, 0.29) is 0 Å². The lowest BCUT2D eigenvalue weighted by molar-refractivity contribution is -0.939. The summed E-state index contributed by atoms with van der Waals surface area (Å²) in [6.07, 6.45) is 8.52. The molecule has 1 nitrogen and oxygen atoms in total. The van der Waals surface area contributed by atoms with Crippen molar-refractivity contribution < 1.29 is 4.48 Å². The molecule has 0 aromatic heterocycles. The number of hydrogen-bond acceptors (Lipinski definition) is 0. The van der Waals surface area contributed by atoms with E-state index < -0.39 is 0 Å². The Morgan fingerprint density at radius 1 is 0.889 bits per heavy atom. The zero-order chi connectivity index (χ0) is 20.8. The Labute approximate surface area is 173 Å². The van der Waals surface area contributed by atoms with Gasteiger partial charge in [-0.2, -0.15) is 0 Å². The lowest BCUT2D eigenvalue weighted by Crippen LogP contribution is -2.58. The third kappa shape index (κ3) is 6.48. The Morgan fingerprint density at radius 3 is 2.00 bits per heavy atom. The van der Waals surface area contributed by atoms with E-state index in [1.54, 1.807) is 0 Å². The van der Waals surface area contributed by atoms with E-state index in [1.807, 2.05) is 0 Å². The van der Waals surface area contributed by atoms with Crippen LogP contribution in [0.25, 0.3) is 0 Å². The fourth-order valence-electron chi connectivity index (χ4n) is 6.82. The van der Waals surface area contributed by atoms with Gasteiger partial charge in [-0.05, 0) is 62.2 Å². The lowest BCUT2D eigenvalue weighted by atomic mass is 9.70. The first-order valence-corrected chi connectivity index (χ1v) is 12.4. The van der Waals surface area contributed by atoms with E-state index >= 15 is 0 Å². The molecule has 1 fully saturated rings. The zero-order valence-electron chi connectivity index (χ0n) is 20.7. The molecule has 1 saturated heterocycles. The second kappa shape index (κ2) is 11.2. The van der Waals surface area contributed by atoms with Crippen LogP contribution in [0.4, 0.5) is 0 Å². The van der Waals surface area contributed by atoms with Crippen LogP contribution in [0, 0.1) is 41.4 Å². The molecule has 0 radical (unpaired) electrons. The molecule has 0 aromatic carbocycles. The summed E-state index contributed by atoms with van der Waals surface area (Å²) in [4.78, 5) is 0. The SMILES string of the molecule is CCCC(C)C(C(C)C)C1CCC[N+](C)(CC)C(C(C)C(C)C)C(C)CC1. The second-order valence-electron chi connectivity index (χ2n) is 11.2. The molecule has 0 amide bonds. The van der Waals surface area contributed by atoms with Gasteiger partial charge in [0.1, 0.15) is 0 Å². The fraction of sp³-hybridized carbons (Fsp3) is 1.00. The minimum absolute atomic E-state index is 0.783. The highest BCUT2D eigenvalue weighted by Crippen LogP contribution is 2.41. The molecule has 7 atom stereocenters. The monoisotopic (exact) mass is 380 g/mol. The Kier molecular flexibility index (Phi) is 10.4. The van der Waals surface area contributed by atoms with E-state index in [9.17, 15) is 0 Å². The van der Waals surface area contributed by atoms with Gasteiger partial charge in [-0.15, -0.1) is 0 Å². The molecular formula is C26H54N+. The highest BCUT2D eigenvalue weighted by Gasteiger charge is 2.42. The maximum Gasteiger partial charge on any atom is 0.0942 e. The van der Waals surface area contributed by atoms with E-state index in [1.165, 1.54) is 56.1 Å². The number of rotatable bonds is 8. The molecular weight excluding hydrogens is 326 g/mol. The molecule has 0 N–H and O–H groups in total. The van der Waals surface area contributed by atoms with Gasteiger partial charge in [0.25, 0.3) is 0 Å². The van der Waals surface area contributed by atoms with Crippen molar-refractivity contribution in [1.29, 1.82) is 0 Å². The Morgan fingerprint density at radius 2 is 1.52 bits per heavy atom. The minimum atomic E-state index is 0.783. The van der Waals surface area contributed by atoms with Gasteiger partial charge >= 0.3 is 0 Å². The molecule has 1 aliphatic rings. The van der Waals surface area contributed by atoms with Crippen molar-refractivity contribution in [2.45, 2.75) is 107 Å². The summed E-state index contributed by atoms with van der Waals surface area (Å²) >= 11 is 0. The quantitative estimate of drug-likeness (QED) is 0.379. The highest BCUT2D eigenvalue weighted by atomic mass is 15.4. The third-order valence-corrected chi connectivity index (χ3v) is 8.57. The van der Waals surface area contributed by atoms with Crippen molar-refractivity contribution in [2.75, 3.05) is 20.1 Å². The van der Waals surface area contributed by atoms with Crippen LogP contribution < -0.4 is 0 Å². The summed E-state index contributed by atoms with van der Waals surface area (Å²) < 4.78 is 1.30. The normalized spacial score (nSPS) is 34.0. The van der Waals surface area contributed by atoms with Crippen molar-refractivity contribution in [2.24, 2.45) is 41.4 Å². The minimum Gasteiger partial charge on any atom is -0.323 e. The molecule has 0 bridgehead atoms. The highest BCUT2D eigenvalue weighted by molar-refractivity contribution is 4.83. The first kappa shape index (κ1) is 25.0. The predicted molar refractivity (Wildman–Crippen MR) is 123 cm³/mol. The summed E-state index contributed by atoms with van der Waals surface area (Å²) in [5.74, 6) is 5.98. The smallest absolute Gasteiger partial charge is 0.0942 e. The first-order chi connectivity index (χ1) is 12.6. The summed E-state index contributed by atoms with van der Waals surface area (Å²) in [7, 11) is 2.57. The first-order valence-electron chi connectivity index (χ1n) is 12.4. The van der Waals surface area contributed by atoms with Gasteiger partial charge in [0.15, 0.2) is 0 Å². The second-order valence-corrected chi connectivity index (χ2v) is 11.2. The number of quaternary nitrogens is 1. The van der Waals surface area contributed by atoms with Gasteiger partial charge in [0.05, 0.1) is 26.2 Å². The summed E-state index contributed by atoms with van der Waals surface area (Å²) in [5, 5.41) is 0. The summed E-state index contributed by atoms with van der Waals surface area (Å²) in [6, 6.07) is 0.819. The Balaban J connectivity index is 3.08. The van der Waals surface area contributed by atoms with Gasteiger partial charge in [-0.3, -0.25) is 0 Å². The average molecular weight is 381 g/mol. The zero-order valence-corrected chi connectivity index (χ0v) is 20.7. The van der Waals surface area contributed by atoms with E-state index in [4.69, 9.17) is 0 Å². The summed E-state index contributed by atoms with van der Waals surface area (Å²) in [6.45, 7) is 25.0. The van der Waals surface area contributed by atoms with Gasteiger partial charge < -0.3 is 4.48 Å². The molecule has 0 aromatic rings.